The quantitative estimate of drug-likeness (QED) is 0.711. The molecule has 2 amide bonds. The number of rotatable bonds is 5. The van der Waals surface area contributed by atoms with E-state index in [1.165, 1.54) is 15.8 Å². The average Bonchev–Trinajstić information content (AvgIpc) is 2.92. The van der Waals surface area contributed by atoms with Crippen LogP contribution in [-0.2, 0) is 5.54 Å². The molecule has 26 heavy (non-hydrogen) atoms. The number of nitrogens with two attached hydrogens (primary N) is 1. The van der Waals surface area contributed by atoms with Crippen LogP contribution in [0.1, 0.15) is 29.6 Å². The number of hydrogen-bond acceptors (Lipinski definition) is 5. The van der Waals surface area contributed by atoms with Gasteiger partial charge in [-0.1, -0.05) is 0 Å². The topological polar surface area (TPSA) is 137 Å². The highest BCUT2D eigenvalue weighted by molar-refractivity contribution is 6.00. The Hall–Kier alpha value is -2.81. The number of primary amides is 1. The zero-order valence-electron chi connectivity index (χ0n) is 13.6. The summed E-state index contributed by atoms with van der Waals surface area (Å²) in [5, 5.41) is 23.9. The number of aromatic nitrogens is 2. The lowest BCUT2D eigenvalue weighted by Gasteiger charge is -2.40. The van der Waals surface area contributed by atoms with Crippen molar-refractivity contribution in [3.63, 3.8) is 0 Å². The molecule has 1 aromatic rings. The Bertz CT molecular complexity index is 731. The van der Waals surface area contributed by atoms with Gasteiger partial charge >= 0.3 is 12.3 Å². The lowest BCUT2D eigenvalue weighted by molar-refractivity contribution is -0.150. The van der Waals surface area contributed by atoms with Gasteiger partial charge in [0.2, 0.25) is 0 Å². The molecule has 1 fully saturated rings. The maximum Gasteiger partial charge on any atom is 0.410 e. The van der Waals surface area contributed by atoms with E-state index < -0.39 is 30.3 Å². The lowest BCUT2D eigenvalue weighted by atomic mass is 9.85. The second kappa shape index (κ2) is 7.20. The number of likely N-dealkylation sites (tertiary alicyclic amines) is 1. The van der Waals surface area contributed by atoms with Crippen molar-refractivity contribution in [1.29, 1.82) is 5.26 Å². The first kappa shape index (κ1) is 19.5. The van der Waals surface area contributed by atoms with Gasteiger partial charge in [-0.3, -0.25) is 19.7 Å². The van der Waals surface area contributed by atoms with Crippen molar-refractivity contribution < 1.29 is 27.9 Å². The van der Waals surface area contributed by atoms with Gasteiger partial charge in [0.15, 0.2) is 5.82 Å². The van der Waals surface area contributed by atoms with Crippen molar-refractivity contribution in [3.05, 3.63) is 11.8 Å². The Morgan fingerprint density at radius 2 is 2.04 bits per heavy atom. The van der Waals surface area contributed by atoms with Crippen molar-refractivity contribution in [2.24, 2.45) is 5.73 Å². The molecule has 0 spiro atoms. The molecule has 142 valence electrons. The molecular formula is C14H17F3N6O3. The fourth-order valence-electron chi connectivity index (χ4n) is 3.01. The van der Waals surface area contributed by atoms with Crippen LogP contribution >= 0.6 is 0 Å². The first-order valence-corrected chi connectivity index (χ1v) is 7.62. The smallest absolute Gasteiger partial charge is 0.410 e. The van der Waals surface area contributed by atoms with Crippen LogP contribution in [0.3, 0.4) is 0 Å². The second-order valence-electron chi connectivity index (χ2n) is 6.08. The molecule has 0 unspecified atom stereocenters. The summed E-state index contributed by atoms with van der Waals surface area (Å²) in [5.41, 5.74) is 4.10. The summed E-state index contributed by atoms with van der Waals surface area (Å²) in [7, 11) is 0. The van der Waals surface area contributed by atoms with Crippen LogP contribution in [0.25, 0.3) is 0 Å². The lowest BCUT2D eigenvalue weighted by Crippen LogP contribution is -2.48. The number of carbonyl (C=O) groups excluding carboxylic acids is 1. The Labute approximate surface area is 146 Å². The number of nitrogens with zero attached hydrogens (tertiary/aromatic N) is 4. The number of nitriles is 1. The molecule has 2 rings (SSSR count). The van der Waals surface area contributed by atoms with Crippen molar-refractivity contribution in [1.82, 2.24) is 14.7 Å². The van der Waals surface area contributed by atoms with E-state index in [0.29, 0.717) is 0 Å². The van der Waals surface area contributed by atoms with Gasteiger partial charge in [-0.05, 0) is 12.8 Å². The number of anilines is 1. The summed E-state index contributed by atoms with van der Waals surface area (Å²) in [6.07, 6.45) is -4.24. The minimum atomic E-state index is -4.32. The van der Waals surface area contributed by atoms with Gasteiger partial charge in [-0.2, -0.15) is 23.5 Å². The highest BCUT2D eigenvalue weighted by Gasteiger charge is 2.41. The highest BCUT2D eigenvalue weighted by atomic mass is 19.4. The van der Waals surface area contributed by atoms with Crippen LogP contribution in [0.15, 0.2) is 6.20 Å². The number of nitrogens with one attached hydrogen (secondary N) is 1. The maximum atomic E-state index is 12.5. The summed E-state index contributed by atoms with van der Waals surface area (Å²) in [5.74, 6) is -1.19. The summed E-state index contributed by atoms with van der Waals surface area (Å²) < 4.78 is 38.9. The normalized spacial score (nSPS) is 17.5. The fourth-order valence-corrected chi connectivity index (χ4v) is 3.01. The van der Waals surface area contributed by atoms with Crippen LogP contribution in [0, 0.1) is 11.3 Å². The van der Waals surface area contributed by atoms with Crippen molar-refractivity contribution in [3.8, 4) is 6.07 Å². The number of piperidine rings is 1. The molecule has 0 aromatic carbocycles. The monoisotopic (exact) mass is 374 g/mol. The number of hydrogen-bond donors (Lipinski definition) is 3. The van der Waals surface area contributed by atoms with Crippen LogP contribution in [0.4, 0.5) is 23.8 Å². The Balaban J connectivity index is 2.29. The Morgan fingerprint density at radius 1 is 1.42 bits per heavy atom. The summed E-state index contributed by atoms with van der Waals surface area (Å²) in [6, 6.07) is 1.98. The van der Waals surface area contributed by atoms with Crippen molar-refractivity contribution >= 4 is 17.8 Å². The molecule has 4 N–H and O–H groups in total. The maximum absolute atomic E-state index is 12.5. The van der Waals surface area contributed by atoms with E-state index in [1.54, 1.807) is 0 Å². The van der Waals surface area contributed by atoms with Gasteiger partial charge in [0.25, 0.3) is 5.91 Å². The fraction of sp³-hybridized carbons (Fsp3) is 0.571. The van der Waals surface area contributed by atoms with Gasteiger partial charge in [0.05, 0.1) is 24.6 Å². The van der Waals surface area contributed by atoms with Gasteiger partial charge in [-0.15, -0.1) is 0 Å². The first-order chi connectivity index (χ1) is 12.1. The zero-order chi connectivity index (χ0) is 19.5. The van der Waals surface area contributed by atoms with Crippen molar-refractivity contribution in [2.45, 2.75) is 31.0 Å². The van der Waals surface area contributed by atoms with Gasteiger partial charge in [-0.25, -0.2) is 4.79 Å². The average molecular weight is 374 g/mol. The van der Waals surface area contributed by atoms with E-state index in [1.807, 2.05) is 11.4 Å². The van der Waals surface area contributed by atoms with Crippen LogP contribution in [-0.4, -0.2) is 57.6 Å². The number of amides is 2. The summed E-state index contributed by atoms with van der Waals surface area (Å²) in [6.45, 7) is -0.892. The third kappa shape index (κ3) is 4.42. The largest absolute Gasteiger partial charge is 0.465 e. The standard InChI is InChI=1S/C14H17F3N6O3/c15-14(16,17)8-22-5-2-13(1-4-18,3-6-22)23-7-9(10(19)24)11(21-23)20-12(25)26/h7H,1-3,5-6,8H2,(H2,19,24)(H,20,21)(H,25,26). The molecule has 12 heteroatoms. The molecule has 1 saturated heterocycles. The third-order valence-corrected chi connectivity index (χ3v) is 4.29. The van der Waals surface area contributed by atoms with E-state index >= 15 is 0 Å². The molecule has 0 bridgehead atoms. The van der Waals surface area contributed by atoms with Gasteiger partial charge in [0, 0.05) is 19.3 Å². The third-order valence-electron chi connectivity index (χ3n) is 4.29. The minimum absolute atomic E-state index is 0.0563. The van der Waals surface area contributed by atoms with Gasteiger partial charge in [0.1, 0.15) is 5.56 Å². The molecule has 1 aliphatic heterocycles. The number of alkyl halides is 3. The minimum Gasteiger partial charge on any atom is -0.465 e. The number of halogens is 3. The Morgan fingerprint density at radius 3 is 2.50 bits per heavy atom. The molecule has 0 aliphatic carbocycles. The highest BCUT2D eigenvalue weighted by Crippen LogP contribution is 2.35. The van der Waals surface area contributed by atoms with E-state index in [4.69, 9.17) is 16.1 Å². The molecule has 1 aromatic heterocycles. The molecular weight excluding hydrogens is 357 g/mol. The zero-order valence-corrected chi connectivity index (χ0v) is 13.6. The molecule has 9 nitrogen and oxygen atoms in total. The van der Waals surface area contributed by atoms with E-state index in [2.05, 4.69) is 5.10 Å². The predicted molar refractivity (Wildman–Crippen MR) is 82.3 cm³/mol. The second-order valence-corrected chi connectivity index (χ2v) is 6.08. The van der Waals surface area contributed by atoms with Crippen LogP contribution in [0.5, 0.6) is 0 Å². The number of carbonyl (C=O) groups is 2. The summed E-state index contributed by atoms with van der Waals surface area (Å²) in [4.78, 5) is 23.6. The Kier molecular flexibility index (Phi) is 5.41. The SMILES string of the molecule is N#CCC1(n2cc(C(N)=O)c(NC(=O)O)n2)CCN(CC(F)(F)F)CC1. The molecule has 0 saturated carbocycles. The summed E-state index contributed by atoms with van der Waals surface area (Å²) >= 11 is 0. The first-order valence-electron chi connectivity index (χ1n) is 7.62. The molecule has 0 radical (unpaired) electrons. The van der Waals surface area contributed by atoms with Gasteiger partial charge < -0.3 is 10.8 Å². The molecule has 0 atom stereocenters. The van der Waals surface area contributed by atoms with Crippen LogP contribution < -0.4 is 11.1 Å². The van der Waals surface area contributed by atoms with E-state index in [0.717, 1.165) is 0 Å². The van der Waals surface area contributed by atoms with Crippen LogP contribution in [0.2, 0.25) is 0 Å². The van der Waals surface area contributed by atoms with E-state index in [9.17, 15) is 22.8 Å². The molecule has 2 heterocycles. The molecule has 1 aliphatic rings. The predicted octanol–water partition coefficient (Wildman–Crippen LogP) is 1.34. The number of carboxylic acid groups (broad SMARTS) is 1. The van der Waals surface area contributed by atoms with Crippen molar-refractivity contribution in [2.75, 3.05) is 25.0 Å². The van der Waals surface area contributed by atoms with E-state index in [-0.39, 0.29) is 43.7 Å².